The van der Waals surface area contributed by atoms with Gasteiger partial charge >= 0.3 is 6.18 Å². The molecule has 0 unspecified atom stereocenters. The lowest BCUT2D eigenvalue weighted by molar-refractivity contribution is -0.137. The maximum Gasteiger partial charge on any atom is 0.416 e. The Balaban J connectivity index is 1.42. The minimum absolute atomic E-state index is 0.00117. The number of halogens is 3. The van der Waals surface area contributed by atoms with E-state index in [2.05, 4.69) is 25.3 Å². The van der Waals surface area contributed by atoms with Crippen LogP contribution in [0.25, 0.3) is 6.08 Å². The zero-order chi connectivity index (χ0) is 24.3. The van der Waals surface area contributed by atoms with Crippen LogP contribution in [0.3, 0.4) is 0 Å². The third-order valence-corrected chi connectivity index (χ3v) is 5.48. The van der Waals surface area contributed by atoms with E-state index < -0.39 is 11.7 Å². The van der Waals surface area contributed by atoms with E-state index in [0.29, 0.717) is 55.6 Å². The van der Waals surface area contributed by atoms with Crippen molar-refractivity contribution in [2.24, 2.45) is 0 Å². The first-order chi connectivity index (χ1) is 16.2. The number of nitrogens with zero attached hydrogens (tertiary/aromatic N) is 7. The van der Waals surface area contributed by atoms with Crippen LogP contribution in [-0.4, -0.2) is 67.1 Å². The van der Waals surface area contributed by atoms with Gasteiger partial charge in [0.05, 0.1) is 17.8 Å². The van der Waals surface area contributed by atoms with Crippen molar-refractivity contribution in [3.8, 4) is 0 Å². The number of benzene rings is 1. The molecule has 1 aliphatic heterocycles. The zero-order valence-electron chi connectivity index (χ0n) is 18.8. The van der Waals surface area contributed by atoms with Crippen LogP contribution in [-0.2, 0) is 24.1 Å². The predicted molar refractivity (Wildman–Crippen MR) is 115 cm³/mol. The lowest BCUT2D eigenvalue weighted by Gasteiger charge is -2.33. The number of aryl methyl sites for hydroxylation is 2. The predicted octanol–water partition coefficient (Wildman–Crippen LogP) is 2.70. The third kappa shape index (κ3) is 5.87. The summed E-state index contributed by atoms with van der Waals surface area (Å²) >= 11 is 0. The van der Waals surface area contributed by atoms with E-state index >= 15 is 0 Å². The smallest absolute Gasteiger partial charge is 0.416 e. The van der Waals surface area contributed by atoms with Gasteiger partial charge in [0.1, 0.15) is 6.26 Å². The van der Waals surface area contributed by atoms with E-state index in [9.17, 15) is 18.0 Å². The Morgan fingerprint density at radius 2 is 1.91 bits per heavy atom. The maximum atomic E-state index is 13.2. The summed E-state index contributed by atoms with van der Waals surface area (Å²) in [5.41, 5.74) is 0.894. The second-order valence-electron chi connectivity index (χ2n) is 8.07. The Morgan fingerprint density at radius 3 is 2.53 bits per heavy atom. The van der Waals surface area contributed by atoms with Gasteiger partial charge in [0.25, 0.3) is 0 Å². The van der Waals surface area contributed by atoms with Crippen LogP contribution < -0.4 is 0 Å². The normalized spacial score (nSPS) is 15.4. The molecule has 180 valence electrons. The number of piperazine rings is 1. The Kier molecular flexibility index (Phi) is 6.77. The van der Waals surface area contributed by atoms with Gasteiger partial charge in [0.2, 0.25) is 5.91 Å². The summed E-state index contributed by atoms with van der Waals surface area (Å²) in [7, 11) is 0. The third-order valence-electron chi connectivity index (χ3n) is 5.48. The first kappa shape index (κ1) is 23.6. The van der Waals surface area contributed by atoms with E-state index in [4.69, 9.17) is 4.42 Å². The SMILES string of the molecule is Cc1nnn(Cc2cc(C(F)(F)F)ccc2/C=C/C(=O)N2CCN(Cc3coc(C)n3)CC2)n1. The average molecular weight is 475 g/mol. The fraction of sp³-hybridized carbons (Fsp3) is 0.409. The molecule has 34 heavy (non-hydrogen) atoms. The van der Waals surface area contributed by atoms with Gasteiger partial charge in [0.15, 0.2) is 11.7 Å². The molecule has 0 atom stereocenters. The van der Waals surface area contributed by atoms with Gasteiger partial charge in [-0.1, -0.05) is 6.07 Å². The Morgan fingerprint density at radius 1 is 1.15 bits per heavy atom. The standard InChI is InChI=1S/C22H24F3N7O2/c1-15-27-29-32(28-15)12-18-11-19(22(23,24)25)5-3-17(18)4-6-21(33)31-9-7-30(8-10-31)13-20-14-34-16(2)26-20/h3-6,11,14H,7-10,12-13H2,1-2H3/b6-4+. The molecule has 1 amide bonds. The van der Waals surface area contributed by atoms with Gasteiger partial charge in [-0.15, -0.1) is 10.2 Å². The number of amides is 1. The molecule has 0 spiro atoms. The molecule has 12 heteroatoms. The van der Waals surface area contributed by atoms with Crippen molar-refractivity contribution in [2.45, 2.75) is 33.1 Å². The fourth-order valence-electron chi connectivity index (χ4n) is 3.73. The molecule has 0 saturated carbocycles. The van der Waals surface area contributed by atoms with Crippen molar-refractivity contribution in [2.75, 3.05) is 26.2 Å². The zero-order valence-corrected chi connectivity index (χ0v) is 18.8. The average Bonchev–Trinajstić information content (AvgIpc) is 3.39. The minimum atomic E-state index is -4.48. The molecule has 2 aromatic heterocycles. The fourth-order valence-corrected chi connectivity index (χ4v) is 3.73. The summed E-state index contributed by atoms with van der Waals surface area (Å²) in [5.74, 6) is 0.834. The van der Waals surface area contributed by atoms with Gasteiger partial charge < -0.3 is 9.32 Å². The Bertz CT molecular complexity index is 1180. The van der Waals surface area contributed by atoms with Crippen molar-refractivity contribution in [1.82, 2.24) is 35.0 Å². The van der Waals surface area contributed by atoms with Crippen LogP contribution in [0, 0.1) is 13.8 Å². The lowest BCUT2D eigenvalue weighted by Crippen LogP contribution is -2.47. The first-order valence-corrected chi connectivity index (χ1v) is 10.7. The lowest BCUT2D eigenvalue weighted by atomic mass is 10.0. The number of hydrogen-bond donors (Lipinski definition) is 0. The molecule has 4 rings (SSSR count). The van der Waals surface area contributed by atoms with E-state index in [0.717, 1.165) is 17.8 Å². The summed E-state index contributed by atoms with van der Waals surface area (Å²) in [6, 6.07) is 3.40. The Labute approximate surface area is 193 Å². The van der Waals surface area contributed by atoms with E-state index in [1.165, 1.54) is 23.0 Å². The molecule has 3 heterocycles. The topological polar surface area (TPSA) is 93.2 Å². The molecular weight excluding hydrogens is 451 g/mol. The largest absolute Gasteiger partial charge is 0.449 e. The van der Waals surface area contributed by atoms with E-state index in [1.807, 2.05) is 0 Å². The maximum absolute atomic E-state index is 13.2. The number of carbonyl (C=O) groups excluding carboxylic acids is 1. The van der Waals surface area contributed by atoms with Crippen LogP contribution in [0.4, 0.5) is 13.2 Å². The number of carbonyl (C=O) groups is 1. The second-order valence-corrected chi connectivity index (χ2v) is 8.07. The van der Waals surface area contributed by atoms with Crippen LogP contribution >= 0.6 is 0 Å². The molecule has 1 fully saturated rings. The molecule has 1 saturated heterocycles. The summed E-state index contributed by atoms with van der Waals surface area (Å²) in [4.78, 5) is 22.1. The number of rotatable bonds is 6. The van der Waals surface area contributed by atoms with E-state index in [-0.39, 0.29) is 12.5 Å². The van der Waals surface area contributed by atoms with Gasteiger partial charge in [-0.3, -0.25) is 9.69 Å². The van der Waals surface area contributed by atoms with Gasteiger partial charge in [-0.2, -0.15) is 18.0 Å². The molecule has 0 N–H and O–H groups in total. The highest BCUT2D eigenvalue weighted by molar-refractivity contribution is 5.92. The van der Waals surface area contributed by atoms with E-state index in [1.54, 1.807) is 25.0 Å². The summed E-state index contributed by atoms with van der Waals surface area (Å²) in [5, 5.41) is 11.6. The number of alkyl halides is 3. The van der Waals surface area contributed by atoms with Crippen molar-refractivity contribution in [1.29, 1.82) is 0 Å². The molecule has 0 bridgehead atoms. The molecule has 0 aliphatic carbocycles. The highest BCUT2D eigenvalue weighted by Gasteiger charge is 2.31. The van der Waals surface area contributed by atoms with Gasteiger partial charge in [-0.05, 0) is 41.5 Å². The van der Waals surface area contributed by atoms with Crippen LogP contribution in [0.2, 0.25) is 0 Å². The van der Waals surface area contributed by atoms with Crippen LogP contribution in [0.5, 0.6) is 0 Å². The Hall–Kier alpha value is -3.54. The highest BCUT2D eigenvalue weighted by Crippen LogP contribution is 2.31. The number of aromatic nitrogens is 5. The quantitative estimate of drug-likeness (QED) is 0.506. The number of oxazole rings is 1. The number of hydrogen-bond acceptors (Lipinski definition) is 7. The summed E-state index contributed by atoms with van der Waals surface area (Å²) < 4.78 is 44.9. The molecule has 9 nitrogen and oxygen atoms in total. The summed E-state index contributed by atoms with van der Waals surface area (Å²) in [6.45, 7) is 6.55. The van der Waals surface area contributed by atoms with Crippen LogP contribution in [0.15, 0.2) is 35.0 Å². The molecule has 0 radical (unpaired) electrons. The minimum Gasteiger partial charge on any atom is -0.449 e. The van der Waals surface area contributed by atoms with Crippen LogP contribution in [0.1, 0.15) is 34.1 Å². The molecular formula is C22H24F3N7O2. The monoisotopic (exact) mass is 475 g/mol. The second kappa shape index (κ2) is 9.75. The molecule has 1 aromatic carbocycles. The number of tetrazole rings is 1. The molecule has 1 aliphatic rings. The van der Waals surface area contributed by atoms with Crippen molar-refractivity contribution < 1.29 is 22.4 Å². The first-order valence-electron chi connectivity index (χ1n) is 10.7. The van der Waals surface area contributed by atoms with Gasteiger partial charge in [0, 0.05) is 45.7 Å². The van der Waals surface area contributed by atoms with Crippen molar-refractivity contribution in [3.05, 3.63) is 64.6 Å². The molecule has 3 aromatic rings. The summed E-state index contributed by atoms with van der Waals surface area (Å²) in [6.07, 6.45) is 0.0746. The van der Waals surface area contributed by atoms with Gasteiger partial charge in [-0.25, -0.2) is 4.98 Å². The van der Waals surface area contributed by atoms with Crippen molar-refractivity contribution >= 4 is 12.0 Å². The highest BCUT2D eigenvalue weighted by atomic mass is 19.4. The van der Waals surface area contributed by atoms with Crippen molar-refractivity contribution in [3.63, 3.8) is 0 Å².